The summed E-state index contributed by atoms with van der Waals surface area (Å²) in [7, 11) is 1.53. The zero-order chi connectivity index (χ0) is 13.7. The lowest BCUT2D eigenvalue weighted by atomic mass is 10.3. The molecule has 0 fully saturated rings. The molecule has 7 heteroatoms. The van der Waals surface area contributed by atoms with Crippen LogP contribution in [-0.4, -0.2) is 40.5 Å². The molecule has 0 aliphatic carbocycles. The molecule has 0 aromatic carbocycles. The molecule has 98 valence electrons. The topological polar surface area (TPSA) is 86.1 Å². The lowest BCUT2D eigenvalue weighted by Crippen LogP contribution is -2.29. The van der Waals surface area contributed by atoms with Crippen LogP contribution < -0.4 is 5.32 Å². The molecule has 18 heavy (non-hydrogen) atoms. The normalized spacial score (nSPS) is 11.7. The minimum atomic E-state index is -0.581. The molecule has 0 bridgehead atoms. The van der Waals surface area contributed by atoms with E-state index in [9.17, 15) is 9.59 Å². The Morgan fingerprint density at radius 1 is 1.61 bits per heavy atom. The third-order valence-corrected chi connectivity index (χ3v) is 2.45. The second-order valence-corrected chi connectivity index (χ2v) is 3.65. The van der Waals surface area contributed by atoms with Gasteiger partial charge in [-0.2, -0.15) is 0 Å². The van der Waals surface area contributed by atoms with E-state index < -0.39 is 12.0 Å². The Morgan fingerprint density at radius 3 is 2.83 bits per heavy atom. The largest absolute Gasteiger partial charge is 0.457 e. The molecule has 0 aliphatic heterocycles. The van der Waals surface area contributed by atoms with Crippen molar-refractivity contribution in [1.29, 1.82) is 0 Å². The molecule has 1 atom stereocenters. The average Bonchev–Trinajstić information content (AvgIpc) is 2.76. The molecule has 1 heterocycles. The van der Waals surface area contributed by atoms with Crippen LogP contribution in [0.15, 0.2) is 12.7 Å². The van der Waals surface area contributed by atoms with E-state index in [0.29, 0.717) is 5.69 Å². The van der Waals surface area contributed by atoms with E-state index in [1.807, 2.05) is 0 Å². The van der Waals surface area contributed by atoms with Gasteiger partial charge in [0.25, 0.3) is 0 Å². The summed E-state index contributed by atoms with van der Waals surface area (Å²) < 4.78 is 6.24. The Bertz CT molecular complexity index is 467. The third kappa shape index (κ3) is 2.73. The van der Waals surface area contributed by atoms with E-state index in [2.05, 4.69) is 22.2 Å². The number of amides is 1. The van der Waals surface area contributed by atoms with Crippen molar-refractivity contribution in [2.75, 3.05) is 13.7 Å². The SMILES string of the molecule is C=CCOC(=O)c1nnn(C(C)C(=O)NC)c1C. The zero-order valence-electron chi connectivity index (χ0n) is 10.6. The highest BCUT2D eigenvalue weighted by molar-refractivity contribution is 5.88. The number of nitrogens with zero attached hydrogens (tertiary/aromatic N) is 3. The first-order valence-electron chi connectivity index (χ1n) is 5.44. The number of aromatic nitrogens is 3. The summed E-state index contributed by atoms with van der Waals surface area (Å²) in [6.07, 6.45) is 1.46. The maximum absolute atomic E-state index is 11.6. The van der Waals surface area contributed by atoms with Gasteiger partial charge >= 0.3 is 5.97 Å². The number of esters is 1. The van der Waals surface area contributed by atoms with Crippen molar-refractivity contribution in [1.82, 2.24) is 20.3 Å². The molecule has 1 unspecified atom stereocenters. The molecule has 7 nitrogen and oxygen atoms in total. The van der Waals surface area contributed by atoms with Crippen LogP contribution in [-0.2, 0) is 9.53 Å². The van der Waals surface area contributed by atoms with E-state index in [1.54, 1.807) is 13.8 Å². The van der Waals surface area contributed by atoms with Crippen molar-refractivity contribution in [3.8, 4) is 0 Å². The van der Waals surface area contributed by atoms with Crippen LogP contribution in [0.1, 0.15) is 29.1 Å². The highest BCUT2D eigenvalue weighted by Gasteiger charge is 2.23. The number of carbonyl (C=O) groups excluding carboxylic acids is 2. The van der Waals surface area contributed by atoms with Crippen molar-refractivity contribution >= 4 is 11.9 Å². The first-order valence-corrected chi connectivity index (χ1v) is 5.44. The van der Waals surface area contributed by atoms with Crippen LogP contribution in [0.4, 0.5) is 0 Å². The fourth-order valence-electron chi connectivity index (χ4n) is 1.42. The van der Waals surface area contributed by atoms with Gasteiger partial charge in [-0.05, 0) is 13.8 Å². The standard InChI is InChI=1S/C11H16N4O3/c1-5-6-18-11(17)9-7(2)15(14-13-9)8(3)10(16)12-4/h5,8H,1,6H2,2-4H3,(H,12,16). The smallest absolute Gasteiger partial charge is 0.361 e. The zero-order valence-corrected chi connectivity index (χ0v) is 10.6. The highest BCUT2D eigenvalue weighted by atomic mass is 16.5. The Morgan fingerprint density at radius 2 is 2.28 bits per heavy atom. The Labute approximate surface area is 105 Å². The Hall–Kier alpha value is -2.18. The van der Waals surface area contributed by atoms with Crippen molar-refractivity contribution in [2.45, 2.75) is 19.9 Å². The lowest BCUT2D eigenvalue weighted by Gasteiger charge is -2.11. The number of rotatable bonds is 5. The quantitative estimate of drug-likeness (QED) is 0.599. The van der Waals surface area contributed by atoms with Gasteiger partial charge < -0.3 is 10.1 Å². The Balaban J connectivity index is 2.93. The summed E-state index contributed by atoms with van der Waals surface area (Å²) in [6.45, 7) is 6.88. The number of likely N-dealkylation sites (N-methyl/N-ethyl adjacent to an activating group) is 1. The predicted molar refractivity (Wildman–Crippen MR) is 64.0 cm³/mol. The van der Waals surface area contributed by atoms with Crippen LogP contribution >= 0.6 is 0 Å². The van der Waals surface area contributed by atoms with E-state index in [-0.39, 0.29) is 18.2 Å². The summed E-state index contributed by atoms with van der Waals surface area (Å²) in [6, 6.07) is -0.538. The molecule has 0 spiro atoms. The molecule has 0 saturated heterocycles. The van der Waals surface area contributed by atoms with Crippen molar-refractivity contribution in [3.63, 3.8) is 0 Å². The van der Waals surface area contributed by atoms with E-state index >= 15 is 0 Å². The number of hydrogen-bond acceptors (Lipinski definition) is 5. The molecular formula is C11H16N4O3. The fourth-order valence-corrected chi connectivity index (χ4v) is 1.42. The van der Waals surface area contributed by atoms with Crippen LogP contribution in [0.2, 0.25) is 0 Å². The average molecular weight is 252 g/mol. The minimum Gasteiger partial charge on any atom is -0.457 e. The van der Waals surface area contributed by atoms with Gasteiger partial charge in [0.1, 0.15) is 12.6 Å². The third-order valence-electron chi connectivity index (χ3n) is 2.45. The summed E-state index contributed by atoms with van der Waals surface area (Å²) in [5.41, 5.74) is 0.591. The van der Waals surface area contributed by atoms with Gasteiger partial charge in [-0.15, -0.1) is 5.10 Å². The molecule has 1 aromatic heterocycles. The second-order valence-electron chi connectivity index (χ2n) is 3.65. The molecule has 1 rings (SSSR count). The molecule has 0 saturated carbocycles. The van der Waals surface area contributed by atoms with Crippen LogP contribution in [0, 0.1) is 6.92 Å². The predicted octanol–water partition coefficient (Wildman–Crippen LogP) is 0.236. The van der Waals surface area contributed by atoms with Gasteiger partial charge in [-0.3, -0.25) is 4.79 Å². The van der Waals surface area contributed by atoms with Gasteiger partial charge in [0.2, 0.25) is 5.91 Å². The Kier molecular flexibility index (Phi) is 4.59. The molecule has 1 amide bonds. The van der Waals surface area contributed by atoms with Crippen molar-refractivity contribution in [3.05, 3.63) is 24.0 Å². The summed E-state index contributed by atoms with van der Waals surface area (Å²) >= 11 is 0. The fraction of sp³-hybridized carbons (Fsp3) is 0.455. The first kappa shape index (κ1) is 13.9. The van der Waals surface area contributed by atoms with Gasteiger partial charge in [0.05, 0.1) is 5.69 Å². The number of carbonyl (C=O) groups is 2. The van der Waals surface area contributed by atoms with E-state index in [0.717, 1.165) is 0 Å². The monoisotopic (exact) mass is 252 g/mol. The maximum atomic E-state index is 11.6. The molecule has 0 radical (unpaired) electrons. The molecule has 0 aliphatic rings. The molecule has 1 N–H and O–H groups in total. The minimum absolute atomic E-state index is 0.104. The summed E-state index contributed by atoms with van der Waals surface area (Å²) in [5.74, 6) is -0.795. The molecule has 1 aromatic rings. The summed E-state index contributed by atoms with van der Waals surface area (Å²) in [5, 5.41) is 10.0. The van der Waals surface area contributed by atoms with Gasteiger partial charge in [-0.1, -0.05) is 17.9 Å². The van der Waals surface area contributed by atoms with Gasteiger partial charge in [0, 0.05) is 7.05 Å². The first-order chi connectivity index (χ1) is 8.52. The highest BCUT2D eigenvalue weighted by Crippen LogP contribution is 2.12. The van der Waals surface area contributed by atoms with Crippen molar-refractivity contribution in [2.24, 2.45) is 0 Å². The van der Waals surface area contributed by atoms with Crippen molar-refractivity contribution < 1.29 is 14.3 Å². The van der Waals surface area contributed by atoms with E-state index in [1.165, 1.54) is 17.8 Å². The lowest BCUT2D eigenvalue weighted by molar-refractivity contribution is -0.123. The van der Waals surface area contributed by atoms with Gasteiger partial charge in [0.15, 0.2) is 5.69 Å². The van der Waals surface area contributed by atoms with Crippen LogP contribution in [0.3, 0.4) is 0 Å². The van der Waals surface area contributed by atoms with Crippen LogP contribution in [0.5, 0.6) is 0 Å². The van der Waals surface area contributed by atoms with Crippen LogP contribution in [0.25, 0.3) is 0 Å². The number of ether oxygens (including phenoxy) is 1. The second kappa shape index (κ2) is 5.95. The maximum Gasteiger partial charge on any atom is 0.361 e. The number of hydrogen-bond donors (Lipinski definition) is 1. The molecular weight excluding hydrogens is 236 g/mol. The summed E-state index contributed by atoms with van der Waals surface area (Å²) in [4.78, 5) is 23.1. The van der Waals surface area contributed by atoms with E-state index in [4.69, 9.17) is 4.74 Å². The van der Waals surface area contributed by atoms with Gasteiger partial charge in [-0.25, -0.2) is 9.48 Å². The number of nitrogens with one attached hydrogen (secondary N) is 1.